The van der Waals surface area contributed by atoms with E-state index in [-0.39, 0.29) is 12.1 Å². The fourth-order valence-corrected chi connectivity index (χ4v) is 2.85. The summed E-state index contributed by atoms with van der Waals surface area (Å²) in [6.45, 7) is 1.15. The van der Waals surface area contributed by atoms with Crippen molar-refractivity contribution in [1.29, 1.82) is 0 Å². The third-order valence-corrected chi connectivity index (χ3v) is 4.50. The first-order chi connectivity index (χ1) is 7.78. The average Bonchev–Trinajstić information content (AvgIpc) is 2.66. The highest BCUT2D eigenvalue weighted by Gasteiger charge is 2.37. The van der Waals surface area contributed by atoms with Gasteiger partial charge in [0.1, 0.15) is 0 Å². The van der Waals surface area contributed by atoms with Crippen LogP contribution >= 0.6 is 0 Å². The maximum Gasteiger partial charge on any atom is 0.0614 e. The lowest BCUT2D eigenvalue weighted by Gasteiger charge is -2.27. The summed E-state index contributed by atoms with van der Waals surface area (Å²) in [5, 5.41) is 12.6. The summed E-state index contributed by atoms with van der Waals surface area (Å²) in [6, 6.07) is 0. The van der Waals surface area contributed by atoms with Gasteiger partial charge in [0.25, 0.3) is 0 Å². The zero-order valence-corrected chi connectivity index (χ0v) is 10.4. The number of ether oxygens (including phenoxy) is 1. The molecule has 0 radical (unpaired) electrons. The van der Waals surface area contributed by atoms with Crippen LogP contribution in [0.2, 0.25) is 0 Å². The van der Waals surface area contributed by atoms with E-state index >= 15 is 0 Å². The predicted molar refractivity (Wildman–Crippen MR) is 64.4 cm³/mol. The number of nitrogens with one attached hydrogen (secondary N) is 1. The van der Waals surface area contributed by atoms with Crippen LogP contribution < -0.4 is 5.32 Å². The summed E-state index contributed by atoms with van der Waals surface area (Å²) < 4.78 is 5.92. The topological polar surface area (TPSA) is 41.5 Å². The quantitative estimate of drug-likeness (QED) is 0.725. The fourth-order valence-electron chi connectivity index (χ4n) is 2.85. The maximum absolute atomic E-state index is 9.38. The minimum absolute atomic E-state index is 0.0683. The molecule has 0 aromatic carbocycles. The minimum atomic E-state index is -0.0683. The van der Waals surface area contributed by atoms with Crippen molar-refractivity contribution >= 4 is 0 Å². The monoisotopic (exact) mass is 227 g/mol. The molecular formula is C13H25NO2. The summed E-state index contributed by atoms with van der Waals surface area (Å²) in [6.07, 6.45) is 8.92. The molecule has 2 aliphatic rings. The highest BCUT2D eigenvalue weighted by Crippen LogP contribution is 2.33. The SMILES string of the molecule is CNC1(CO)CCC(OCCC2CCC2)C1. The number of aliphatic hydroxyl groups excluding tert-OH is 1. The highest BCUT2D eigenvalue weighted by molar-refractivity contribution is 4.95. The van der Waals surface area contributed by atoms with Crippen molar-refractivity contribution in [2.24, 2.45) is 5.92 Å². The van der Waals surface area contributed by atoms with Crippen molar-refractivity contribution in [1.82, 2.24) is 5.32 Å². The molecule has 0 aliphatic heterocycles. The third kappa shape index (κ3) is 2.76. The molecule has 0 spiro atoms. The first-order valence-electron chi connectivity index (χ1n) is 6.69. The Morgan fingerprint density at radius 1 is 1.38 bits per heavy atom. The number of hydrogen-bond donors (Lipinski definition) is 2. The Morgan fingerprint density at radius 2 is 2.19 bits per heavy atom. The van der Waals surface area contributed by atoms with E-state index < -0.39 is 0 Å². The molecule has 2 aliphatic carbocycles. The molecule has 2 atom stereocenters. The smallest absolute Gasteiger partial charge is 0.0614 e. The summed E-state index contributed by atoms with van der Waals surface area (Å²) in [5.74, 6) is 0.938. The minimum Gasteiger partial charge on any atom is -0.394 e. The molecule has 2 saturated carbocycles. The van der Waals surface area contributed by atoms with Crippen LogP contribution in [0.1, 0.15) is 44.9 Å². The van der Waals surface area contributed by atoms with Gasteiger partial charge in [-0.25, -0.2) is 0 Å². The standard InChI is InChI=1S/C13H25NO2/c1-14-13(10-15)7-5-12(9-13)16-8-6-11-3-2-4-11/h11-12,14-15H,2-10H2,1H3. The van der Waals surface area contributed by atoms with Crippen molar-refractivity contribution in [2.75, 3.05) is 20.3 Å². The van der Waals surface area contributed by atoms with Crippen LogP contribution in [0.25, 0.3) is 0 Å². The van der Waals surface area contributed by atoms with Gasteiger partial charge in [0, 0.05) is 12.1 Å². The van der Waals surface area contributed by atoms with E-state index in [1.54, 1.807) is 0 Å². The molecule has 0 heterocycles. The Bertz CT molecular complexity index is 212. The molecular weight excluding hydrogens is 202 g/mol. The molecule has 2 fully saturated rings. The normalized spacial score (nSPS) is 35.2. The van der Waals surface area contributed by atoms with Gasteiger partial charge < -0.3 is 15.2 Å². The lowest BCUT2D eigenvalue weighted by Crippen LogP contribution is -2.44. The molecule has 2 N–H and O–H groups in total. The van der Waals surface area contributed by atoms with E-state index in [4.69, 9.17) is 4.74 Å². The van der Waals surface area contributed by atoms with Crippen molar-refractivity contribution < 1.29 is 9.84 Å². The molecule has 0 saturated heterocycles. The van der Waals surface area contributed by atoms with Crippen molar-refractivity contribution in [3.63, 3.8) is 0 Å². The van der Waals surface area contributed by atoms with Gasteiger partial charge in [-0.05, 0) is 38.6 Å². The van der Waals surface area contributed by atoms with E-state index in [2.05, 4.69) is 5.32 Å². The fraction of sp³-hybridized carbons (Fsp3) is 1.00. The molecule has 2 unspecified atom stereocenters. The van der Waals surface area contributed by atoms with Crippen molar-refractivity contribution in [3.8, 4) is 0 Å². The summed E-state index contributed by atoms with van der Waals surface area (Å²) in [4.78, 5) is 0. The Morgan fingerprint density at radius 3 is 2.69 bits per heavy atom. The zero-order chi connectivity index (χ0) is 11.4. The van der Waals surface area contributed by atoms with Crippen LogP contribution in [0.5, 0.6) is 0 Å². The number of hydrogen-bond acceptors (Lipinski definition) is 3. The Balaban J connectivity index is 1.63. The van der Waals surface area contributed by atoms with Crippen LogP contribution in [0, 0.1) is 5.92 Å². The van der Waals surface area contributed by atoms with E-state index in [0.29, 0.717) is 6.10 Å². The van der Waals surface area contributed by atoms with E-state index in [9.17, 15) is 5.11 Å². The Hall–Kier alpha value is -0.120. The van der Waals surface area contributed by atoms with Gasteiger partial charge in [0.05, 0.1) is 12.7 Å². The van der Waals surface area contributed by atoms with Crippen LogP contribution in [0.3, 0.4) is 0 Å². The molecule has 3 heteroatoms. The lowest BCUT2D eigenvalue weighted by atomic mass is 9.83. The second kappa shape index (κ2) is 5.48. The van der Waals surface area contributed by atoms with E-state index in [1.807, 2.05) is 7.05 Å². The molecule has 94 valence electrons. The Labute approximate surface area is 98.6 Å². The first-order valence-corrected chi connectivity index (χ1v) is 6.69. The second-order valence-corrected chi connectivity index (χ2v) is 5.51. The van der Waals surface area contributed by atoms with Crippen LogP contribution in [-0.2, 0) is 4.74 Å². The van der Waals surface area contributed by atoms with Gasteiger partial charge >= 0.3 is 0 Å². The van der Waals surface area contributed by atoms with Gasteiger partial charge in [-0.2, -0.15) is 0 Å². The molecule has 16 heavy (non-hydrogen) atoms. The Kier molecular flexibility index (Phi) is 4.22. The van der Waals surface area contributed by atoms with Crippen LogP contribution in [0.4, 0.5) is 0 Å². The first kappa shape index (κ1) is 12.3. The molecule has 3 nitrogen and oxygen atoms in total. The molecule has 0 amide bonds. The van der Waals surface area contributed by atoms with Gasteiger partial charge in [-0.15, -0.1) is 0 Å². The van der Waals surface area contributed by atoms with E-state index in [1.165, 1.54) is 25.7 Å². The molecule has 0 aromatic heterocycles. The summed E-state index contributed by atoms with van der Waals surface area (Å²) in [5.41, 5.74) is -0.0683. The van der Waals surface area contributed by atoms with Gasteiger partial charge in [-0.1, -0.05) is 19.3 Å². The zero-order valence-electron chi connectivity index (χ0n) is 10.4. The van der Waals surface area contributed by atoms with E-state index in [0.717, 1.165) is 31.8 Å². The van der Waals surface area contributed by atoms with Gasteiger partial charge in [0.2, 0.25) is 0 Å². The predicted octanol–water partition coefficient (Wildman–Crippen LogP) is 1.70. The number of likely N-dealkylation sites (N-methyl/N-ethyl adjacent to an activating group) is 1. The van der Waals surface area contributed by atoms with Crippen molar-refractivity contribution in [3.05, 3.63) is 0 Å². The number of aliphatic hydroxyl groups is 1. The highest BCUT2D eigenvalue weighted by atomic mass is 16.5. The largest absolute Gasteiger partial charge is 0.394 e. The third-order valence-electron chi connectivity index (χ3n) is 4.50. The van der Waals surface area contributed by atoms with Gasteiger partial charge in [0.15, 0.2) is 0 Å². The molecule has 0 bridgehead atoms. The van der Waals surface area contributed by atoms with Crippen LogP contribution in [-0.4, -0.2) is 37.0 Å². The van der Waals surface area contributed by atoms with Crippen LogP contribution in [0.15, 0.2) is 0 Å². The second-order valence-electron chi connectivity index (χ2n) is 5.51. The molecule has 0 aromatic rings. The average molecular weight is 227 g/mol. The molecule has 2 rings (SSSR count). The maximum atomic E-state index is 9.38. The lowest BCUT2D eigenvalue weighted by molar-refractivity contribution is 0.0338. The van der Waals surface area contributed by atoms with Gasteiger partial charge in [-0.3, -0.25) is 0 Å². The summed E-state index contributed by atoms with van der Waals surface area (Å²) in [7, 11) is 1.94. The summed E-state index contributed by atoms with van der Waals surface area (Å²) >= 11 is 0. The van der Waals surface area contributed by atoms with Crippen molar-refractivity contribution in [2.45, 2.75) is 56.6 Å². The number of rotatable bonds is 6.